The van der Waals surface area contributed by atoms with Crippen molar-refractivity contribution in [3.05, 3.63) is 24.0 Å². The first kappa shape index (κ1) is 14.8. The average molecular weight is 272 g/mol. The van der Waals surface area contributed by atoms with E-state index in [1.807, 2.05) is 6.20 Å². The third-order valence-corrected chi connectivity index (χ3v) is 3.70. The molecule has 0 spiro atoms. The fourth-order valence-electron chi connectivity index (χ4n) is 2.37. The molecule has 1 saturated carbocycles. The normalized spacial score (nSPS) is 15.7. The second-order valence-electron chi connectivity index (χ2n) is 5.45. The Morgan fingerprint density at radius 1 is 1.50 bits per heavy atom. The maximum atomic E-state index is 8.76. The minimum atomic E-state index is 0.289. The number of nitriles is 1. The number of hydrogen-bond acceptors (Lipinski definition) is 4. The first-order valence-corrected chi connectivity index (χ1v) is 7.59. The molecule has 1 N–H and O–H groups in total. The second-order valence-corrected chi connectivity index (χ2v) is 5.45. The van der Waals surface area contributed by atoms with Gasteiger partial charge in [-0.25, -0.2) is 0 Å². The molecular formula is C16H24N4. The Morgan fingerprint density at radius 3 is 2.85 bits per heavy atom. The molecular weight excluding hydrogens is 248 g/mol. The molecule has 1 aromatic rings. The molecule has 20 heavy (non-hydrogen) atoms. The molecule has 1 unspecified atom stereocenters. The lowest BCUT2D eigenvalue weighted by molar-refractivity contribution is 0.558. The Balaban J connectivity index is 2.00. The van der Waals surface area contributed by atoms with Crippen LogP contribution < -0.4 is 10.2 Å². The highest BCUT2D eigenvalue weighted by atomic mass is 15.2. The predicted molar refractivity (Wildman–Crippen MR) is 81.5 cm³/mol. The third kappa shape index (κ3) is 3.94. The van der Waals surface area contributed by atoms with E-state index >= 15 is 0 Å². The summed E-state index contributed by atoms with van der Waals surface area (Å²) in [6.07, 6.45) is 6.14. The Morgan fingerprint density at radius 2 is 2.30 bits per heavy atom. The van der Waals surface area contributed by atoms with Crippen molar-refractivity contribution in [3.8, 4) is 6.07 Å². The highest BCUT2D eigenvalue weighted by Crippen LogP contribution is 2.31. The van der Waals surface area contributed by atoms with Crippen LogP contribution in [0.25, 0.3) is 0 Å². The van der Waals surface area contributed by atoms with E-state index in [1.165, 1.54) is 12.8 Å². The molecule has 0 aromatic carbocycles. The van der Waals surface area contributed by atoms with Gasteiger partial charge >= 0.3 is 0 Å². The lowest BCUT2D eigenvalue weighted by atomic mass is 10.2. The molecule has 1 fully saturated rings. The van der Waals surface area contributed by atoms with E-state index in [0.29, 0.717) is 12.5 Å². The Bertz CT molecular complexity index is 445. The first-order valence-electron chi connectivity index (χ1n) is 7.59. The summed E-state index contributed by atoms with van der Waals surface area (Å²) in [6.45, 7) is 6.14. The minimum Gasteiger partial charge on any atom is -0.366 e. The van der Waals surface area contributed by atoms with Gasteiger partial charge < -0.3 is 10.2 Å². The number of pyridine rings is 1. The lowest BCUT2D eigenvalue weighted by Crippen LogP contribution is -2.27. The zero-order valence-corrected chi connectivity index (χ0v) is 12.5. The molecule has 0 bridgehead atoms. The van der Waals surface area contributed by atoms with Crippen LogP contribution in [0.2, 0.25) is 0 Å². The Hall–Kier alpha value is -1.60. The second kappa shape index (κ2) is 7.25. The van der Waals surface area contributed by atoms with E-state index in [-0.39, 0.29) is 6.04 Å². The monoisotopic (exact) mass is 272 g/mol. The number of aromatic nitrogens is 1. The number of nitrogens with zero attached hydrogens (tertiary/aromatic N) is 3. The summed E-state index contributed by atoms with van der Waals surface area (Å²) in [5, 5.41) is 12.2. The van der Waals surface area contributed by atoms with Crippen molar-refractivity contribution < 1.29 is 0 Å². The van der Waals surface area contributed by atoms with Gasteiger partial charge in [0.05, 0.1) is 30.1 Å². The van der Waals surface area contributed by atoms with Gasteiger partial charge in [0, 0.05) is 18.6 Å². The van der Waals surface area contributed by atoms with E-state index in [4.69, 9.17) is 5.26 Å². The molecule has 1 aromatic heterocycles. The SMILES string of the molecule is CCCNC(C)c1ccc(N(CCC#N)C2CC2)cn1. The van der Waals surface area contributed by atoms with Gasteiger partial charge in [-0.2, -0.15) is 5.26 Å². The number of nitrogens with one attached hydrogen (secondary N) is 1. The van der Waals surface area contributed by atoms with E-state index in [1.54, 1.807) is 0 Å². The van der Waals surface area contributed by atoms with Crippen molar-refractivity contribution in [1.29, 1.82) is 5.26 Å². The van der Waals surface area contributed by atoms with E-state index in [9.17, 15) is 0 Å². The molecule has 1 aliphatic rings. The van der Waals surface area contributed by atoms with Crippen molar-refractivity contribution >= 4 is 5.69 Å². The summed E-state index contributed by atoms with van der Waals surface area (Å²) in [6, 6.07) is 7.38. The van der Waals surface area contributed by atoms with Crippen LogP contribution in [0.4, 0.5) is 5.69 Å². The van der Waals surface area contributed by atoms with Crippen LogP contribution in [0.1, 0.15) is 51.3 Å². The maximum Gasteiger partial charge on any atom is 0.0640 e. The zero-order valence-electron chi connectivity index (χ0n) is 12.5. The Labute approximate surface area is 121 Å². The van der Waals surface area contributed by atoms with Gasteiger partial charge in [-0.3, -0.25) is 4.98 Å². The molecule has 1 aliphatic carbocycles. The average Bonchev–Trinajstić information content (AvgIpc) is 3.30. The molecule has 0 radical (unpaired) electrons. The predicted octanol–water partition coefficient (Wildman–Crippen LogP) is 3.02. The topological polar surface area (TPSA) is 52.0 Å². The summed E-state index contributed by atoms with van der Waals surface area (Å²) in [5.41, 5.74) is 2.23. The van der Waals surface area contributed by atoms with E-state index in [2.05, 4.69) is 47.3 Å². The number of rotatable bonds is 8. The van der Waals surface area contributed by atoms with Crippen LogP contribution in [0, 0.1) is 11.3 Å². The third-order valence-electron chi connectivity index (χ3n) is 3.70. The van der Waals surface area contributed by atoms with Gasteiger partial charge in [0.1, 0.15) is 0 Å². The lowest BCUT2D eigenvalue weighted by Gasteiger charge is -2.23. The van der Waals surface area contributed by atoms with Crippen molar-refractivity contribution in [2.75, 3.05) is 18.0 Å². The van der Waals surface area contributed by atoms with Crippen LogP contribution in [0.15, 0.2) is 18.3 Å². The molecule has 1 heterocycles. The molecule has 0 aliphatic heterocycles. The zero-order chi connectivity index (χ0) is 14.4. The quantitative estimate of drug-likeness (QED) is 0.790. The molecule has 1 atom stereocenters. The van der Waals surface area contributed by atoms with E-state index in [0.717, 1.165) is 30.9 Å². The molecule has 0 amide bonds. The first-order chi connectivity index (χ1) is 9.76. The van der Waals surface area contributed by atoms with Gasteiger partial charge in [-0.1, -0.05) is 6.92 Å². The van der Waals surface area contributed by atoms with Crippen molar-refractivity contribution in [2.45, 2.75) is 51.6 Å². The Kier molecular flexibility index (Phi) is 5.37. The van der Waals surface area contributed by atoms with Crippen LogP contribution in [-0.2, 0) is 0 Å². The van der Waals surface area contributed by atoms with Crippen molar-refractivity contribution in [1.82, 2.24) is 10.3 Å². The number of hydrogen-bond donors (Lipinski definition) is 1. The molecule has 2 rings (SSSR count). The van der Waals surface area contributed by atoms with Crippen LogP contribution in [0.3, 0.4) is 0 Å². The standard InChI is InChI=1S/C16H24N4/c1-3-10-18-13(2)16-8-7-15(12-19-16)20(11-4-9-17)14-5-6-14/h7-8,12-14,18H,3-6,10-11H2,1-2H3. The van der Waals surface area contributed by atoms with Gasteiger partial charge in [-0.05, 0) is 44.9 Å². The van der Waals surface area contributed by atoms with Gasteiger partial charge in [0.2, 0.25) is 0 Å². The van der Waals surface area contributed by atoms with Crippen molar-refractivity contribution in [3.63, 3.8) is 0 Å². The summed E-state index contributed by atoms with van der Waals surface area (Å²) in [5.74, 6) is 0. The van der Waals surface area contributed by atoms with Crippen LogP contribution in [-0.4, -0.2) is 24.1 Å². The highest BCUT2D eigenvalue weighted by Gasteiger charge is 2.29. The smallest absolute Gasteiger partial charge is 0.0640 e. The summed E-state index contributed by atoms with van der Waals surface area (Å²) in [4.78, 5) is 6.91. The molecule has 4 nitrogen and oxygen atoms in total. The van der Waals surface area contributed by atoms with Crippen LogP contribution >= 0.6 is 0 Å². The summed E-state index contributed by atoms with van der Waals surface area (Å²) in [7, 11) is 0. The van der Waals surface area contributed by atoms with Crippen molar-refractivity contribution in [2.24, 2.45) is 0 Å². The molecule has 0 saturated heterocycles. The maximum absolute atomic E-state index is 8.76. The number of anilines is 1. The largest absolute Gasteiger partial charge is 0.366 e. The van der Waals surface area contributed by atoms with Gasteiger partial charge in [0.25, 0.3) is 0 Å². The summed E-state index contributed by atoms with van der Waals surface area (Å²) >= 11 is 0. The molecule has 108 valence electrons. The highest BCUT2D eigenvalue weighted by molar-refractivity contribution is 5.47. The molecule has 4 heteroatoms. The van der Waals surface area contributed by atoms with E-state index < -0.39 is 0 Å². The van der Waals surface area contributed by atoms with Gasteiger partial charge in [0.15, 0.2) is 0 Å². The minimum absolute atomic E-state index is 0.289. The summed E-state index contributed by atoms with van der Waals surface area (Å²) < 4.78 is 0. The van der Waals surface area contributed by atoms with Crippen LogP contribution in [0.5, 0.6) is 0 Å². The fourth-order valence-corrected chi connectivity index (χ4v) is 2.37. The fraction of sp³-hybridized carbons (Fsp3) is 0.625. The van der Waals surface area contributed by atoms with Gasteiger partial charge in [-0.15, -0.1) is 0 Å².